The molecule has 1 heterocycles. The molecule has 0 aromatic carbocycles. The van der Waals surface area contributed by atoms with Crippen molar-refractivity contribution in [2.75, 3.05) is 26.2 Å². The van der Waals surface area contributed by atoms with E-state index in [9.17, 15) is 9.59 Å². The summed E-state index contributed by atoms with van der Waals surface area (Å²) in [5.41, 5.74) is 0. The Kier molecular flexibility index (Phi) is 7.18. The normalized spacial score (nSPS) is 15.3. The van der Waals surface area contributed by atoms with Crippen LogP contribution >= 0.6 is 0 Å². The molecule has 1 rings (SSSR count). The van der Waals surface area contributed by atoms with Gasteiger partial charge in [-0.1, -0.05) is 13.8 Å². The van der Waals surface area contributed by atoms with Gasteiger partial charge in [0.15, 0.2) is 0 Å². The van der Waals surface area contributed by atoms with Crippen LogP contribution in [0.5, 0.6) is 0 Å². The lowest BCUT2D eigenvalue weighted by atomic mass is 10.1. The van der Waals surface area contributed by atoms with Crippen LogP contribution < -0.4 is 0 Å². The monoisotopic (exact) mass is 242 g/mol. The molecule has 0 N–H and O–H groups in total. The molecule has 5 nitrogen and oxygen atoms in total. The van der Waals surface area contributed by atoms with Crippen LogP contribution in [-0.2, 0) is 14.4 Å². The number of rotatable bonds is 2. The minimum atomic E-state index is 0.103. The van der Waals surface area contributed by atoms with Crippen molar-refractivity contribution in [1.82, 2.24) is 9.80 Å². The molecule has 5 heteroatoms. The van der Waals surface area contributed by atoms with Gasteiger partial charge in [0.1, 0.15) is 6.79 Å². The smallest absolute Gasteiger partial charge is 0.222 e. The second-order valence-corrected chi connectivity index (χ2v) is 4.48. The van der Waals surface area contributed by atoms with Crippen molar-refractivity contribution in [3.8, 4) is 0 Å². The fourth-order valence-electron chi connectivity index (χ4n) is 1.75. The fourth-order valence-corrected chi connectivity index (χ4v) is 1.75. The van der Waals surface area contributed by atoms with Gasteiger partial charge in [0.25, 0.3) is 0 Å². The zero-order chi connectivity index (χ0) is 13.4. The molecule has 2 amide bonds. The van der Waals surface area contributed by atoms with Crippen LogP contribution in [0.1, 0.15) is 27.2 Å². The molecule has 0 atom stereocenters. The summed E-state index contributed by atoms with van der Waals surface area (Å²) in [6.45, 7) is 10.4. The standard InChI is InChI=1S/C11H20N2O2.CH2O/c1-9(2)8-11(15)13-6-4-12(5-7-13)10(3)14;1-2/h9H,4-8H2,1-3H3;1H2. The molecule has 0 bridgehead atoms. The Balaban J connectivity index is 0.00000121. The van der Waals surface area contributed by atoms with Gasteiger partial charge >= 0.3 is 0 Å². The lowest BCUT2D eigenvalue weighted by Crippen LogP contribution is -2.50. The molecule has 0 saturated carbocycles. The summed E-state index contributed by atoms with van der Waals surface area (Å²) < 4.78 is 0. The summed E-state index contributed by atoms with van der Waals surface area (Å²) in [7, 11) is 0. The molecule has 98 valence electrons. The number of carbonyl (C=O) groups is 3. The van der Waals surface area contributed by atoms with Crippen LogP contribution in [0.4, 0.5) is 0 Å². The third-order valence-electron chi connectivity index (χ3n) is 2.66. The molecule has 1 fully saturated rings. The zero-order valence-corrected chi connectivity index (χ0v) is 10.9. The van der Waals surface area contributed by atoms with E-state index in [0.29, 0.717) is 38.5 Å². The number of amides is 2. The number of carbonyl (C=O) groups excluding carboxylic acids is 3. The van der Waals surface area contributed by atoms with Gasteiger partial charge in [-0.3, -0.25) is 9.59 Å². The minimum absolute atomic E-state index is 0.103. The van der Waals surface area contributed by atoms with Crippen molar-refractivity contribution in [2.24, 2.45) is 5.92 Å². The second-order valence-electron chi connectivity index (χ2n) is 4.48. The van der Waals surface area contributed by atoms with Gasteiger partial charge < -0.3 is 14.6 Å². The largest absolute Gasteiger partial charge is 0.339 e. The van der Waals surface area contributed by atoms with Crippen LogP contribution in [0.3, 0.4) is 0 Å². The maximum atomic E-state index is 11.7. The van der Waals surface area contributed by atoms with Crippen molar-refractivity contribution in [1.29, 1.82) is 0 Å². The molecule has 0 aromatic heterocycles. The van der Waals surface area contributed by atoms with Crippen molar-refractivity contribution < 1.29 is 14.4 Å². The van der Waals surface area contributed by atoms with Gasteiger partial charge in [-0.15, -0.1) is 0 Å². The molecule has 1 saturated heterocycles. The molecule has 17 heavy (non-hydrogen) atoms. The number of hydrogen-bond acceptors (Lipinski definition) is 3. The van der Waals surface area contributed by atoms with Crippen LogP contribution in [0.2, 0.25) is 0 Å². The fraction of sp³-hybridized carbons (Fsp3) is 0.750. The number of hydrogen-bond donors (Lipinski definition) is 0. The summed E-state index contributed by atoms with van der Waals surface area (Å²) in [5, 5.41) is 0. The SMILES string of the molecule is C=O.CC(=O)N1CCN(C(=O)CC(C)C)CC1. The van der Waals surface area contributed by atoms with Crippen molar-refractivity contribution in [3.05, 3.63) is 0 Å². The predicted octanol–water partition coefficient (Wildman–Crippen LogP) is 0.538. The topological polar surface area (TPSA) is 57.7 Å². The van der Waals surface area contributed by atoms with E-state index >= 15 is 0 Å². The average molecular weight is 242 g/mol. The predicted molar refractivity (Wildman–Crippen MR) is 65.4 cm³/mol. The molecule has 0 aromatic rings. The Morgan fingerprint density at radius 1 is 1.06 bits per heavy atom. The van der Waals surface area contributed by atoms with E-state index in [-0.39, 0.29) is 11.8 Å². The Labute approximate surface area is 103 Å². The van der Waals surface area contributed by atoms with Gasteiger partial charge in [0.2, 0.25) is 11.8 Å². The molecular weight excluding hydrogens is 220 g/mol. The third-order valence-corrected chi connectivity index (χ3v) is 2.66. The molecule has 1 aliphatic heterocycles. The maximum Gasteiger partial charge on any atom is 0.222 e. The van der Waals surface area contributed by atoms with Gasteiger partial charge in [-0.2, -0.15) is 0 Å². The third kappa shape index (κ3) is 5.47. The Morgan fingerprint density at radius 3 is 1.82 bits per heavy atom. The molecule has 0 spiro atoms. The minimum Gasteiger partial charge on any atom is -0.339 e. The summed E-state index contributed by atoms with van der Waals surface area (Å²) in [6.07, 6.45) is 0.611. The first-order chi connectivity index (χ1) is 8.00. The highest BCUT2D eigenvalue weighted by Gasteiger charge is 2.22. The maximum absolute atomic E-state index is 11.7. The molecule has 1 aliphatic rings. The molecule has 0 aliphatic carbocycles. The van der Waals surface area contributed by atoms with E-state index in [1.54, 1.807) is 11.8 Å². The van der Waals surface area contributed by atoms with E-state index < -0.39 is 0 Å². The average Bonchev–Trinajstić information content (AvgIpc) is 2.31. The van der Waals surface area contributed by atoms with E-state index in [4.69, 9.17) is 4.79 Å². The van der Waals surface area contributed by atoms with Gasteiger partial charge in [0, 0.05) is 39.5 Å². The van der Waals surface area contributed by atoms with Crippen molar-refractivity contribution in [2.45, 2.75) is 27.2 Å². The molecule has 0 radical (unpaired) electrons. The lowest BCUT2D eigenvalue weighted by molar-refractivity contribution is -0.138. The Bertz CT molecular complexity index is 258. The van der Waals surface area contributed by atoms with Crippen molar-refractivity contribution >= 4 is 18.6 Å². The Morgan fingerprint density at radius 2 is 1.47 bits per heavy atom. The molecular formula is C12H22N2O3. The zero-order valence-electron chi connectivity index (χ0n) is 10.9. The highest BCUT2D eigenvalue weighted by atomic mass is 16.2. The van der Waals surface area contributed by atoms with E-state index in [0.717, 1.165) is 0 Å². The number of nitrogens with zero attached hydrogens (tertiary/aromatic N) is 2. The van der Waals surface area contributed by atoms with Gasteiger partial charge in [0.05, 0.1) is 0 Å². The lowest BCUT2D eigenvalue weighted by Gasteiger charge is -2.34. The van der Waals surface area contributed by atoms with Crippen LogP contribution in [0.25, 0.3) is 0 Å². The van der Waals surface area contributed by atoms with E-state index in [2.05, 4.69) is 0 Å². The summed E-state index contributed by atoms with van der Waals surface area (Å²) in [4.78, 5) is 34.4. The number of piperazine rings is 1. The van der Waals surface area contributed by atoms with Crippen LogP contribution in [0, 0.1) is 5.92 Å². The first-order valence-electron chi connectivity index (χ1n) is 5.83. The highest BCUT2D eigenvalue weighted by molar-refractivity contribution is 5.77. The summed E-state index contributed by atoms with van der Waals surface area (Å²) >= 11 is 0. The second kappa shape index (κ2) is 7.81. The van der Waals surface area contributed by atoms with E-state index in [1.807, 2.05) is 25.5 Å². The van der Waals surface area contributed by atoms with Gasteiger partial charge in [-0.05, 0) is 5.92 Å². The first-order valence-corrected chi connectivity index (χ1v) is 5.83. The summed E-state index contributed by atoms with van der Waals surface area (Å²) in [5.74, 6) is 0.725. The highest BCUT2D eigenvalue weighted by Crippen LogP contribution is 2.08. The van der Waals surface area contributed by atoms with Gasteiger partial charge in [-0.25, -0.2) is 0 Å². The Hall–Kier alpha value is -1.39. The first kappa shape index (κ1) is 15.6. The quantitative estimate of drug-likeness (QED) is 0.710. The van der Waals surface area contributed by atoms with Crippen molar-refractivity contribution in [3.63, 3.8) is 0 Å². The van der Waals surface area contributed by atoms with E-state index in [1.165, 1.54) is 0 Å². The summed E-state index contributed by atoms with van der Waals surface area (Å²) in [6, 6.07) is 0. The van der Waals surface area contributed by atoms with Crippen LogP contribution in [0.15, 0.2) is 0 Å². The molecule has 0 unspecified atom stereocenters. The van der Waals surface area contributed by atoms with Crippen LogP contribution in [-0.4, -0.2) is 54.6 Å².